The first-order valence-corrected chi connectivity index (χ1v) is 9.96. The van der Waals surface area contributed by atoms with Crippen LogP contribution in [0.4, 0.5) is 10.1 Å². The SMILES string of the molecule is Cc1c(CCC(=O)N2CCN(c3ccccc3F)CC2)c(=O)oc2cc(O)ccc12. The lowest BCUT2D eigenvalue weighted by Gasteiger charge is -2.36. The number of piperazine rings is 1. The fourth-order valence-corrected chi connectivity index (χ4v) is 3.97. The summed E-state index contributed by atoms with van der Waals surface area (Å²) in [7, 11) is 0. The van der Waals surface area contributed by atoms with Gasteiger partial charge in [0.15, 0.2) is 0 Å². The Morgan fingerprint density at radius 2 is 1.87 bits per heavy atom. The van der Waals surface area contributed by atoms with Crippen molar-refractivity contribution in [1.82, 2.24) is 4.90 Å². The Bertz CT molecular complexity index is 1150. The van der Waals surface area contributed by atoms with E-state index in [4.69, 9.17) is 4.42 Å². The van der Waals surface area contributed by atoms with Crippen LogP contribution in [-0.4, -0.2) is 42.1 Å². The molecule has 4 rings (SSSR count). The number of nitrogens with zero attached hydrogens (tertiary/aromatic N) is 2. The van der Waals surface area contributed by atoms with Crippen molar-refractivity contribution in [3.63, 3.8) is 0 Å². The number of halogens is 1. The summed E-state index contributed by atoms with van der Waals surface area (Å²) in [5.74, 6) is -0.264. The molecule has 1 aliphatic rings. The Morgan fingerprint density at radius 3 is 2.60 bits per heavy atom. The molecule has 2 aromatic carbocycles. The van der Waals surface area contributed by atoms with Crippen LogP contribution in [0.25, 0.3) is 11.0 Å². The van der Waals surface area contributed by atoms with Crippen molar-refractivity contribution in [3.05, 3.63) is 69.8 Å². The molecule has 0 radical (unpaired) electrons. The highest BCUT2D eigenvalue weighted by atomic mass is 19.1. The van der Waals surface area contributed by atoms with Crippen LogP contribution in [0.5, 0.6) is 5.75 Å². The zero-order valence-corrected chi connectivity index (χ0v) is 16.7. The van der Waals surface area contributed by atoms with Gasteiger partial charge in [0.25, 0.3) is 0 Å². The molecule has 6 nitrogen and oxygen atoms in total. The number of phenols is 1. The molecule has 3 aromatic rings. The first-order valence-electron chi connectivity index (χ1n) is 9.96. The van der Waals surface area contributed by atoms with Gasteiger partial charge in [-0.2, -0.15) is 0 Å². The van der Waals surface area contributed by atoms with Gasteiger partial charge in [-0.15, -0.1) is 0 Å². The van der Waals surface area contributed by atoms with Crippen molar-refractivity contribution in [3.8, 4) is 5.75 Å². The van der Waals surface area contributed by atoms with Crippen LogP contribution >= 0.6 is 0 Å². The Morgan fingerprint density at radius 1 is 1.13 bits per heavy atom. The van der Waals surface area contributed by atoms with E-state index in [1.807, 2.05) is 11.8 Å². The third-order valence-corrected chi connectivity index (χ3v) is 5.69. The number of aryl methyl sites for hydroxylation is 1. The number of carbonyl (C=O) groups excluding carboxylic acids is 1. The van der Waals surface area contributed by atoms with Crippen molar-refractivity contribution in [2.24, 2.45) is 0 Å². The first-order chi connectivity index (χ1) is 14.4. The minimum Gasteiger partial charge on any atom is -0.508 e. The van der Waals surface area contributed by atoms with Crippen molar-refractivity contribution < 1.29 is 18.7 Å². The number of amides is 1. The molecule has 156 valence electrons. The van der Waals surface area contributed by atoms with E-state index in [2.05, 4.69) is 0 Å². The molecule has 1 amide bonds. The number of rotatable bonds is 4. The van der Waals surface area contributed by atoms with Crippen molar-refractivity contribution in [2.75, 3.05) is 31.1 Å². The van der Waals surface area contributed by atoms with E-state index in [9.17, 15) is 19.1 Å². The number of carbonyl (C=O) groups is 1. The number of hydrogen-bond donors (Lipinski definition) is 1. The van der Waals surface area contributed by atoms with E-state index in [0.717, 1.165) is 10.9 Å². The van der Waals surface area contributed by atoms with Crippen LogP contribution in [-0.2, 0) is 11.2 Å². The van der Waals surface area contributed by atoms with Gasteiger partial charge in [-0.05, 0) is 43.2 Å². The predicted octanol–water partition coefficient (Wildman–Crippen LogP) is 3.23. The van der Waals surface area contributed by atoms with Gasteiger partial charge in [0.05, 0.1) is 5.69 Å². The Balaban J connectivity index is 1.40. The van der Waals surface area contributed by atoms with Crippen LogP contribution in [0, 0.1) is 12.7 Å². The molecule has 0 unspecified atom stereocenters. The van der Waals surface area contributed by atoms with Gasteiger partial charge >= 0.3 is 5.63 Å². The fraction of sp³-hybridized carbons (Fsp3) is 0.304. The topological polar surface area (TPSA) is 74.0 Å². The summed E-state index contributed by atoms with van der Waals surface area (Å²) < 4.78 is 19.3. The fourth-order valence-electron chi connectivity index (χ4n) is 3.97. The maximum atomic E-state index is 14.0. The van der Waals surface area contributed by atoms with E-state index in [1.165, 1.54) is 12.1 Å². The average molecular weight is 410 g/mol. The molecule has 2 heterocycles. The average Bonchev–Trinajstić information content (AvgIpc) is 2.73. The summed E-state index contributed by atoms with van der Waals surface area (Å²) in [5, 5.41) is 10.3. The molecule has 0 atom stereocenters. The third-order valence-electron chi connectivity index (χ3n) is 5.69. The van der Waals surface area contributed by atoms with E-state index in [0.29, 0.717) is 43.0 Å². The predicted molar refractivity (Wildman–Crippen MR) is 112 cm³/mol. The molecule has 0 aliphatic carbocycles. The van der Waals surface area contributed by atoms with Crippen LogP contribution in [0.15, 0.2) is 51.7 Å². The quantitative estimate of drug-likeness (QED) is 0.669. The monoisotopic (exact) mass is 410 g/mol. The van der Waals surface area contributed by atoms with E-state index in [1.54, 1.807) is 35.2 Å². The lowest BCUT2D eigenvalue weighted by molar-refractivity contribution is -0.131. The summed E-state index contributed by atoms with van der Waals surface area (Å²) in [4.78, 5) is 28.7. The van der Waals surface area contributed by atoms with Crippen molar-refractivity contribution in [2.45, 2.75) is 19.8 Å². The number of benzene rings is 2. The zero-order valence-electron chi connectivity index (χ0n) is 16.7. The van der Waals surface area contributed by atoms with Gasteiger partial charge in [-0.1, -0.05) is 12.1 Å². The zero-order chi connectivity index (χ0) is 21.3. The second-order valence-electron chi connectivity index (χ2n) is 7.49. The standard InChI is InChI=1S/C23H23FN2O4/c1-15-17-7-6-16(27)14-21(17)30-23(29)18(15)8-9-22(28)26-12-10-25(11-13-26)20-5-3-2-4-19(20)24/h2-7,14,27H,8-13H2,1H3. The lowest BCUT2D eigenvalue weighted by atomic mass is 10.0. The molecule has 0 saturated carbocycles. The molecule has 1 aromatic heterocycles. The maximum absolute atomic E-state index is 14.0. The molecule has 30 heavy (non-hydrogen) atoms. The van der Waals surface area contributed by atoms with Gasteiger partial charge in [0.1, 0.15) is 17.1 Å². The molecule has 0 spiro atoms. The highest BCUT2D eigenvalue weighted by molar-refractivity contribution is 5.82. The highest BCUT2D eigenvalue weighted by Crippen LogP contribution is 2.24. The molecule has 1 fully saturated rings. The van der Waals surface area contributed by atoms with Crippen molar-refractivity contribution >= 4 is 22.6 Å². The van der Waals surface area contributed by atoms with Gasteiger partial charge in [0.2, 0.25) is 5.91 Å². The first kappa shape index (κ1) is 19.9. The number of hydrogen-bond acceptors (Lipinski definition) is 5. The number of aromatic hydroxyl groups is 1. The minimum absolute atomic E-state index is 0.0301. The molecular formula is C23H23FN2O4. The summed E-state index contributed by atoms with van der Waals surface area (Å²) >= 11 is 0. The molecular weight excluding hydrogens is 387 g/mol. The normalized spacial score (nSPS) is 14.3. The minimum atomic E-state index is -0.484. The van der Waals surface area contributed by atoms with Gasteiger partial charge in [-0.3, -0.25) is 4.79 Å². The van der Waals surface area contributed by atoms with Crippen molar-refractivity contribution in [1.29, 1.82) is 0 Å². The second-order valence-corrected chi connectivity index (χ2v) is 7.49. The number of anilines is 1. The molecule has 1 saturated heterocycles. The number of para-hydroxylation sites is 1. The Hall–Kier alpha value is -3.35. The number of fused-ring (bicyclic) bond motifs is 1. The third kappa shape index (κ3) is 3.87. The van der Waals surface area contributed by atoms with Crippen LogP contribution in [0.3, 0.4) is 0 Å². The van der Waals surface area contributed by atoms with E-state index < -0.39 is 5.63 Å². The summed E-state index contributed by atoms with van der Waals surface area (Å²) in [6.07, 6.45) is 0.492. The molecule has 1 N–H and O–H groups in total. The largest absolute Gasteiger partial charge is 0.508 e. The van der Waals surface area contributed by atoms with Crippen LogP contribution in [0.1, 0.15) is 17.5 Å². The van der Waals surface area contributed by atoms with Gasteiger partial charge in [0, 0.05) is 49.6 Å². The summed E-state index contributed by atoms with van der Waals surface area (Å²) in [6.45, 7) is 3.97. The Labute approximate surface area is 173 Å². The molecule has 7 heteroatoms. The summed E-state index contributed by atoms with van der Waals surface area (Å²) in [5.41, 5.74) is 1.64. The van der Waals surface area contributed by atoms with Gasteiger partial charge < -0.3 is 19.3 Å². The molecule has 1 aliphatic heterocycles. The van der Waals surface area contributed by atoms with E-state index >= 15 is 0 Å². The maximum Gasteiger partial charge on any atom is 0.339 e. The number of phenolic OH excluding ortho intramolecular Hbond substituents is 1. The highest BCUT2D eigenvalue weighted by Gasteiger charge is 2.23. The van der Waals surface area contributed by atoms with E-state index in [-0.39, 0.29) is 30.3 Å². The summed E-state index contributed by atoms with van der Waals surface area (Å²) in [6, 6.07) is 11.3. The molecule has 0 bridgehead atoms. The second kappa shape index (κ2) is 8.18. The van der Waals surface area contributed by atoms with Crippen LogP contribution < -0.4 is 10.5 Å². The smallest absolute Gasteiger partial charge is 0.339 e. The van der Waals surface area contributed by atoms with Gasteiger partial charge in [-0.25, -0.2) is 9.18 Å². The lowest BCUT2D eigenvalue weighted by Crippen LogP contribution is -2.49. The van der Waals surface area contributed by atoms with Crippen LogP contribution in [0.2, 0.25) is 0 Å². The Kier molecular flexibility index (Phi) is 5.44.